The molecule has 2 N–H and O–H groups in total. The third-order valence-electron chi connectivity index (χ3n) is 4.02. The Morgan fingerprint density at radius 1 is 1.25 bits per heavy atom. The fourth-order valence-corrected chi connectivity index (χ4v) is 2.84. The summed E-state index contributed by atoms with van der Waals surface area (Å²) in [6.07, 6.45) is 6.78. The van der Waals surface area contributed by atoms with Gasteiger partial charge in [0.25, 0.3) is 0 Å². The summed E-state index contributed by atoms with van der Waals surface area (Å²) in [5.74, 6) is 1.70. The molecule has 1 saturated carbocycles. The number of carbonyl (C=O) groups is 1. The maximum absolute atomic E-state index is 11.8. The normalized spacial score (nSPS) is 34.9. The summed E-state index contributed by atoms with van der Waals surface area (Å²) in [6.45, 7) is 4.41. The van der Waals surface area contributed by atoms with E-state index >= 15 is 0 Å². The lowest BCUT2D eigenvalue weighted by Gasteiger charge is -2.27. The van der Waals surface area contributed by atoms with Crippen molar-refractivity contribution in [2.45, 2.75) is 51.5 Å². The Hall–Kier alpha value is -0.570. The standard InChI is InChI=1S/C13H24N2O/c1-10-2-4-12(5-3-10)15-13(16)8-11-6-7-14-9-11/h10-12,14H,2-9H2,1H3,(H,15,16). The Morgan fingerprint density at radius 2 is 2.00 bits per heavy atom. The molecule has 1 saturated heterocycles. The molecule has 0 spiro atoms. The Kier molecular flexibility index (Phi) is 4.22. The molecule has 1 heterocycles. The second kappa shape index (κ2) is 5.67. The van der Waals surface area contributed by atoms with Crippen LogP contribution in [-0.4, -0.2) is 25.0 Å². The zero-order chi connectivity index (χ0) is 11.4. The number of carbonyl (C=O) groups excluding carboxylic acids is 1. The van der Waals surface area contributed by atoms with Crippen LogP contribution in [0.25, 0.3) is 0 Å². The van der Waals surface area contributed by atoms with E-state index in [1.54, 1.807) is 0 Å². The highest BCUT2D eigenvalue weighted by atomic mass is 16.1. The molecule has 0 radical (unpaired) electrons. The topological polar surface area (TPSA) is 41.1 Å². The maximum Gasteiger partial charge on any atom is 0.220 e. The quantitative estimate of drug-likeness (QED) is 0.766. The van der Waals surface area contributed by atoms with Crippen LogP contribution in [0, 0.1) is 11.8 Å². The van der Waals surface area contributed by atoms with Crippen LogP contribution in [0.4, 0.5) is 0 Å². The lowest BCUT2D eigenvalue weighted by atomic mass is 9.87. The number of hydrogen-bond donors (Lipinski definition) is 2. The van der Waals surface area contributed by atoms with Crippen LogP contribution in [0.5, 0.6) is 0 Å². The fourth-order valence-electron chi connectivity index (χ4n) is 2.84. The van der Waals surface area contributed by atoms with E-state index < -0.39 is 0 Å². The van der Waals surface area contributed by atoms with E-state index in [-0.39, 0.29) is 5.91 Å². The van der Waals surface area contributed by atoms with Crippen molar-refractivity contribution >= 4 is 5.91 Å². The van der Waals surface area contributed by atoms with Crippen molar-refractivity contribution in [3.63, 3.8) is 0 Å². The first-order valence-corrected chi connectivity index (χ1v) is 6.74. The van der Waals surface area contributed by atoms with E-state index in [2.05, 4.69) is 17.6 Å². The van der Waals surface area contributed by atoms with Gasteiger partial charge in [-0.15, -0.1) is 0 Å². The van der Waals surface area contributed by atoms with Gasteiger partial charge >= 0.3 is 0 Å². The molecule has 3 nitrogen and oxygen atoms in total. The molecule has 2 fully saturated rings. The van der Waals surface area contributed by atoms with Gasteiger partial charge in [-0.2, -0.15) is 0 Å². The molecular formula is C13H24N2O. The van der Waals surface area contributed by atoms with Gasteiger partial charge < -0.3 is 10.6 Å². The van der Waals surface area contributed by atoms with Crippen molar-refractivity contribution in [3.8, 4) is 0 Å². The van der Waals surface area contributed by atoms with Crippen LogP contribution in [-0.2, 0) is 4.79 Å². The van der Waals surface area contributed by atoms with E-state index in [0.717, 1.165) is 31.8 Å². The molecule has 2 aliphatic rings. The molecule has 0 bridgehead atoms. The molecule has 1 aliphatic heterocycles. The van der Waals surface area contributed by atoms with Crippen molar-refractivity contribution in [2.75, 3.05) is 13.1 Å². The van der Waals surface area contributed by atoms with Gasteiger partial charge in [0.05, 0.1) is 0 Å². The van der Waals surface area contributed by atoms with Gasteiger partial charge in [-0.3, -0.25) is 4.79 Å². The maximum atomic E-state index is 11.8. The Labute approximate surface area is 98.4 Å². The summed E-state index contributed by atoms with van der Waals surface area (Å²) >= 11 is 0. The van der Waals surface area contributed by atoms with Crippen molar-refractivity contribution in [2.24, 2.45) is 11.8 Å². The van der Waals surface area contributed by atoms with Crippen LogP contribution in [0.1, 0.15) is 45.4 Å². The van der Waals surface area contributed by atoms with Crippen molar-refractivity contribution in [1.29, 1.82) is 0 Å². The lowest BCUT2D eigenvalue weighted by Crippen LogP contribution is -2.38. The molecular weight excluding hydrogens is 200 g/mol. The molecule has 16 heavy (non-hydrogen) atoms. The van der Waals surface area contributed by atoms with E-state index in [1.807, 2.05) is 0 Å². The highest BCUT2D eigenvalue weighted by Crippen LogP contribution is 2.23. The fraction of sp³-hybridized carbons (Fsp3) is 0.923. The van der Waals surface area contributed by atoms with Gasteiger partial charge in [-0.05, 0) is 57.0 Å². The molecule has 1 aliphatic carbocycles. The van der Waals surface area contributed by atoms with Gasteiger partial charge in [0.2, 0.25) is 5.91 Å². The zero-order valence-electron chi connectivity index (χ0n) is 10.3. The first-order valence-electron chi connectivity index (χ1n) is 6.74. The minimum absolute atomic E-state index is 0.272. The van der Waals surface area contributed by atoms with Gasteiger partial charge in [-0.25, -0.2) is 0 Å². The molecule has 3 heteroatoms. The third-order valence-corrected chi connectivity index (χ3v) is 4.02. The van der Waals surface area contributed by atoms with Gasteiger partial charge in [0, 0.05) is 12.5 Å². The molecule has 92 valence electrons. The van der Waals surface area contributed by atoms with Crippen LogP contribution < -0.4 is 10.6 Å². The van der Waals surface area contributed by atoms with E-state index in [1.165, 1.54) is 25.7 Å². The Balaban J connectivity index is 1.66. The molecule has 2 rings (SSSR count). The summed E-state index contributed by atoms with van der Waals surface area (Å²) in [5.41, 5.74) is 0. The molecule has 1 amide bonds. The first-order chi connectivity index (χ1) is 7.74. The average molecular weight is 224 g/mol. The molecule has 1 unspecified atom stereocenters. The largest absolute Gasteiger partial charge is 0.353 e. The zero-order valence-corrected chi connectivity index (χ0v) is 10.3. The Bertz CT molecular complexity index is 228. The van der Waals surface area contributed by atoms with Crippen LogP contribution >= 0.6 is 0 Å². The molecule has 0 aromatic carbocycles. The number of nitrogens with one attached hydrogen (secondary N) is 2. The highest BCUT2D eigenvalue weighted by molar-refractivity contribution is 5.76. The second-order valence-corrected chi connectivity index (χ2v) is 5.59. The molecule has 0 aromatic rings. The monoisotopic (exact) mass is 224 g/mol. The Morgan fingerprint density at radius 3 is 2.62 bits per heavy atom. The lowest BCUT2D eigenvalue weighted by molar-refractivity contribution is -0.122. The van der Waals surface area contributed by atoms with Crippen molar-refractivity contribution < 1.29 is 4.79 Å². The summed E-state index contributed by atoms with van der Waals surface area (Å²) in [4.78, 5) is 11.8. The first kappa shape index (κ1) is 11.9. The van der Waals surface area contributed by atoms with Crippen molar-refractivity contribution in [1.82, 2.24) is 10.6 Å². The molecule has 1 atom stereocenters. The summed E-state index contributed by atoms with van der Waals surface area (Å²) in [6, 6.07) is 0.457. The van der Waals surface area contributed by atoms with Crippen molar-refractivity contribution in [3.05, 3.63) is 0 Å². The number of rotatable bonds is 3. The van der Waals surface area contributed by atoms with Gasteiger partial charge in [0.15, 0.2) is 0 Å². The summed E-state index contributed by atoms with van der Waals surface area (Å²) in [5, 5.41) is 6.51. The average Bonchev–Trinajstić information content (AvgIpc) is 2.74. The predicted octanol–water partition coefficient (Wildman–Crippen LogP) is 1.68. The smallest absolute Gasteiger partial charge is 0.220 e. The number of amides is 1. The predicted molar refractivity (Wildman–Crippen MR) is 65.2 cm³/mol. The van der Waals surface area contributed by atoms with Crippen LogP contribution in [0.2, 0.25) is 0 Å². The van der Waals surface area contributed by atoms with Gasteiger partial charge in [0.1, 0.15) is 0 Å². The van der Waals surface area contributed by atoms with Crippen LogP contribution in [0.15, 0.2) is 0 Å². The van der Waals surface area contributed by atoms with Crippen LogP contribution in [0.3, 0.4) is 0 Å². The SMILES string of the molecule is CC1CCC(NC(=O)CC2CCNC2)CC1. The van der Waals surface area contributed by atoms with E-state index in [0.29, 0.717) is 12.0 Å². The minimum Gasteiger partial charge on any atom is -0.353 e. The van der Waals surface area contributed by atoms with E-state index in [9.17, 15) is 4.79 Å². The molecule has 0 aromatic heterocycles. The summed E-state index contributed by atoms with van der Waals surface area (Å²) < 4.78 is 0. The highest BCUT2D eigenvalue weighted by Gasteiger charge is 2.22. The third kappa shape index (κ3) is 3.48. The number of hydrogen-bond acceptors (Lipinski definition) is 2. The minimum atomic E-state index is 0.272. The second-order valence-electron chi connectivity index (χ2n) is 5.59. The van der Waals surface area contributed by atoms with E-state index in [4.69, 9.17) is 0 Å². The van der Waals surface area contributed by atoms with Gasteiger partial charge in [-0.1, -0.05) is 6.92 Å². The summed E-state index contributed by atoms with van der Waals surface area (Å²) in [7, 11) is 0.